The molecule has 0 aliphatic heterocycles. The maximum Gasteiger partial charge on any atom is 0.471 e. The highest BCUT2D eigenvalue weighted by Gasteiger charge is 2.38. The molecule has 60 valence electrons. The summed E-state index contributed by atoms with van der Waals surface area (Å²) in [5.74, 6) is -2.11. The highest BCUT2D eigenvalue weighted by Crippen LogP contribution is 2.13. The highest BCUT2D eigenvalue weighted by atomic mass is 19.4. The van der Waals surface area contributed by atoms with Crippen molar-refractivity contribution < 1.29 is 22.4 Å². The third kappa shape index (κ3) is 3.26. The Labute approximate surface area is 54.2 Å². The highest BCUT2D eigenvalue weighted by molar-refractivity contribution is 5.81. The summed E-state index contributed by atoms with van der Waals surface area (Å²) in [7, 11) is 0. The molecule has 0 aromatic rings. The van der Waals surface area contributed by atoms with Crippen molar-refractivity contribution in [3.63, 3.8) is 0 Å². The number of hydrogen-bond acceptors (Lipinski definition) is 1. The molecule has 0 aromatic carbocycles. The van der Waals surface area contributed by atoms with Gasteiger partial charge in [-0.2, -0.15) is 13.2 Å². The second kappa shape index (κ2) is 3.38. The Kier molecular flexibility index (Phi) is 3.11. The van der Waals surface area contributed by atoms with Crippen LogP contribution in [0, 0.1) is 0 Å². The van der Waals surface area contributed by atoms with Crippen molar-refractivity contribution in [2.45, 2.75) is 6.18 Å². The van der Waals surface area contributed by atoms with Crippen LogP contribution in [0.5, 0.6) is 0 Å². The van der Waals surface area contributed by atoms with Crippen molar-refractivity contribution in [2.24, 2.45) is 0 Å². The zero-order valence-electron chi connectivity index (χ0n) is 4.83. The number of halogens is 4. The van der Waals surface area contributed by atoms with Crippen LogP contribution in [0.1, 0.15) is 0 Å². The Balaban J connectivity index is 3.64. The first kappa shape index (κ1) is 9.19. The molecule has 0 aromatic heterocycles. The molecular weight excluding hydrogens is 154 g/mol. The van der Waals surface area contributed by atoms with E-state index in [2.05, 4.69) is 0 Å². The van der Waals surface area contributed by atoms with Crippen LogP contribution in [-0.4, -0.2) is 25.3 Å². The topological polar surface area (TPSA) is 29.1 Å². The number of hydrogen-bond donors (Lipinski definition) is 1. The first-order valence-electron chi connectivity index (χ1n) is 2.39. The Bertz CT molecular complexity index is 121. The summed E-state index contributed by atoms with van der Waals surface area (Å²) >= 11 is 0. The van der Waals surface area contributed by atoms with E-state index in [4.69, 9.17) is 0 Å². The van der Waals surface area contributed by atoms with Crippen LogP contribution in [-0.2, 0) is 4.79 Å². The smallest absolute Gasteiger partial charge is 0.346 e. The molecule has 0 bridgehead atoms. The molecule has 6 heteroatoms. The van der Waals surface area contributed by atoms with Crippen molar-refractivity contribution in [3.05, 3.63) is 0 Å². The van der Waals surface area contributed by atoms with Crippen molar-refractivity contribution in [3.8, 4) is 0 Å². The molecule has 0 spiro atoms. The van der Waals surface area contributed by atoms with Crippen LogP contribution in [0.15, 0.2) is 0 Å². The summed E-state index contributed by atoms with van der Waals surface area (Å²) in [4.78, 5) is 9.82. The minimum Gasteiger partial charge on any atom is -0.346 e. The Morgan fingerprint density at radius 3 is 2.20 bits per heavy atom. The van der Waals surface area contributed by atoms with E-state index in [9.17, 15) is 22.4 Å². The number of carbonyl (C=O) groups is 1. The predicted molar refractivity (Wildman–Crippen MR) is 25.0 cm³/mol. The van der Waals surface area contributed by atoms with Gasteiger partial charge >= 0.3 is 12.1 Å². The van der Waals surface area contributed by atoms with E-state index in [1.165, 1.54) is 5.32 Å². The molecule has 0 saturated heterocycles. The normalized spacial score (nSPS) is 11.2. The lowest BCUT2D eigenvalue weighted by atomic mass is 10.5. The van der Waals surface area contributed by atoms with Gasteiger partial charge in [0.2, 0.25) is 0 Å². The number of amides is 1. The molecule has 0 unspecified atom stereocenters. The van der Waals surface area contributed by atoms with Crippen LogP contribution < -0.4 is 5.32 Å². The monoisotopic (exact) mass is 159 g/mol. The fourth-order valence-electron chi connectivity index (χ4n) is 0.261. The summed E-state index contributed by atoms with van der Waals surface area (Å²) in [6, 6.07) is 0. The van der Waals surface area contributed by atoms with Crippen molar-refractivity contribution in [2.75, 3.05) is 13.2 Å². The number of rotatable bonds is 2. The molecule has 0 aliphatic carbocycles. The minimum atomic E-state index is -4.91. The first-order chi connectivity index (χ1) is 4.48. The fourth-order valence-corrected chi connectivity index (χ4v) is 0.261. The van der Waals surface area contributed by atoms with Gasteiger partial charge in [0, 0.05) is 6.54 Å². The lowest BCUT2D eigenvalue weighted by Gasteiger charge is -2.04. The SMILES string of the molecule is O=C(NCCF)C(F)(F)F. The molecule has 0 aliphatic rings. The molecule has 0 saturated carbocycles. The van der Waals surface area contributed by atoms with E-state index in [-0.39, 0.29) is 0 Å². The minimum absolute atomic E-state index is 0.599. The Morgan fingerprint density at radius 2 is 1.90 bits per heavy atom. The van der Waals surface area contributed by atoms with E-state index < -0.39 is 25.3 Å². The zero-order valence-corrected chi connectivity index (χ0v) is 4.83. The van der Waals surface area contributed by atoms with Gasteiger partial charge in [-0.1, -0.05) is 0 Å². The molecule has 10 heavy (non-hydrogen) atoms. The zero-order chi connectivity index (χ0) is 8.20. The molecule has 0 rings (SSSR count). The Hall–Kier alpha value is -0.810. The van der Waals surface area contributed by atoms with Gasteiger partial charge in [-0.15, -0.1) is 0 Å². The fraction of sp³-hybridized carbons (Fsp3) is 0.750. The Morgan fingerprint density at radius 1 is 1.40 bits per heavy atom. The van der Waals surface area contributed by atoms with Gasteiger partial charge in [-0.25, -0.2) is 4.39 Å². The van der Waals surface area contributed by atoms with Crippen LogP contribution in [0.3, 0.4) is 0 Å². The third-order valence-electron chi connectivity index (χ3n) is 0.638. The van der Waals surface area contributed by atoms with Gasteiger partial charge in [-0.05, 0) is 0 Å². The predicted octanol–water partition coefficient (Wildman–Crippen LogP) is 0.634. The van der Waals surface area contributed by atoms with Crippen molar-refractivity contribution >= 4 is 5.91 Å². The summed E-state index contributed by atoms with van der Waals surface area (Å²) < 4.78 is 44.9. The lowest BCUT2D eigenvalue weighted by Crippen LogP contribution is -2.37. The summed E-state index contributed by atoms with van der Waals surface area (Å²) in [6.07, 6.45) is -4.91. The van der Waals surface area contributed by atoms with E-state index in [0.717, 1.165) is 0 Å². The summed E-state index contributed by atoms with van der Waals surface area (Å²) in [5, 5.41) is 1.33. The average molecular weight is 159 g/mol. The van der Waals surface area contributed by atoms with Gasteiger partial charge in [0.25, 0.3) is 0 Å². The van der Waals surface area contributed by atoms with Crippen molar-refractivity contribution in [1.29, 1.82) is 0 Å². The maximum absolute atomic E-state index is 11.2. The molecule has 0 radical (unpaired) electrons. The average Bonchev–Trinajstić information content (AvgIpc) is 1.80. The van der Waals surface area contributed by atoms with Crippen LogP contribution in [0.2, 0.25) is 0 Å². The second-order valence-corrected chi connectivity index (χ2v) is 1.44. The third-order valence-corrected chi connectivity index (χ3v) is 0.638. The maximum atomic E-state index is 11.2. The molecule has 2 nitrogen and oxygen atoms in total. The summed E-state index contributed by atoms with van der Waals surface area (Å²) in [6.45, 7) is -1.60. The number of alkyl halides is 4. The standard InChI is InChI=1S/C4H5F4NO/c5-1-2-9-3(10)4(6,7)8/h1-2H2,(H,9,10). The lowest BCUT2D eigenvalue weighted by molar-refractivity contribution is -0.173. The van der Waals surface area contributed by atoms with Gasteiger partial charge < -0.3 is 5.32 Å². The number of carbonyl (C=O) groups excluding carboxylic acids is 1. The van der Waals surface area contributed by atoms with E-state index in [1.807, 2.05) is 0 Å². The van der Waals surface area contributed by atoms with E-state index >= 15 is 0 Å². The quantitative estimate of drug-likeness (QED) is 0.588. The van der Waals surface area contributed by atoms with Crippen LogP contribution in [0.4, 0.5) is 17.6 Å². The molecular formula is C4H5F4NO. The molecule has 0 fully saturated rings. The second-order valence-electron chi connectivity index (χ2n) is 1.44. The van der Waals surface area contributed by atoms with Crippen molar-refractivity contribution in [1.82, 2.24) is 5.32 Å². The van der Waals surface area contributed by atoms with Crippen LogP contribution in [0.25, 0.3) is 0 Å². The first-order valence-corrected chi connectivity index (χ1v) is 2.39. The van der Waals surface area contributed by atoms with Gasteiger partial charge in [0.1, 0.15) is 6.67 Å². The summed E-state index contributed by atoms with van der Waals surface area (Å²) in [5.41, 5.74) is 0. The molecule has 1 amide bonds. The molecule has 1 N–H and O–H groups in total. The largest absolute Gasteiger partial charge is 0.471 e. The van der Waals surface area contributed by atoms with Gasteiger partial charge in [0.05, 0.1) is 0 Å². The molecule has 0 heterocycles. The van der Waals surface area contributed by atoms with E-state index in [1.54, 1.807) is 0 Å². The van der Waals surface area contributed by atoms with Gasteiger partial charge in [-0.3, -0.25) is 4.79 Å². The molecule has 0 atom stereocenters. The van der Waals surface area contributed by atoms with Gasteiger partial charge in [0.15, 0.2) is 0 Å². The van der Waals surface area contributed by atoms with E-state index in [0.29, 0.717) is 0 Å². The number of nitrogens with one attached hydrogen (secondary N) is 1. The van der Waals surface area contributed by atoms with Crippen LogP contribution >= 0.6 is 0 Å².